The molecule has 0 aliphatic carbocycles. The first-order chi connectivity index (χ1) is 64.7. The van der Waals surface area contributed by atoms with Crippen molar-refractivity contribution in [1.82, 2.24) is 0 Å². The minimum Gasteiger partial charge on any atom is -0.455 e. The van der Waals surface area contributed by atoms with Crippen LogP contribution in [0.15, 0.2) is 464 Å². The fourth-order valence-electron chi connectivity index (χ4n) is 19.9. The van der Waals surface area contributed by atoms with Gasteiger partial charge in [0.1, 0.15) is 22.3 Å². The molecule has 0 N–H and O–H groups in total. The van der Waals surface area contributed by atoms with Gasteiger partial charge in [-0.25, -0.2) is 0 Å². The number of hydrogen-bond donors (Lipinski definition) is 0. The molecule has 131 heavy (non-hydrogen) atoms. The fourth-order valence-corrected chi connectivity index (χ4v) is 21.1. The lowest BCUT2D eigenvalue weighted by molar-refractivity contribution is 0.591. The zero-order chi connectivity index (χ0) is 88.6. The molecule has 0 amide bonds. The van der Waals surface area contributed by atoms with Crippen molar-refractivity contribution < 1.29 is 8.83 Å². The Hall–Kier alpha value is -15.6. The summed E-state index contributed by atoms with van der Waals surface area (Å²) in [7, 11) is 12.5. The third-order valence-electron chi connectivity index (χ3n) is 25.8. The van der Waals surface area contributed by atoms with Gasteiger partial charge in [-0.3, -0.25) is 0 Å². The molecule has 0 aliphatic rings. The molecule has 3 heterocycles. The molecule has 0 saturated heterocycles. The molecule has 22 aromatic carbocycles. The Morgan fingerprint density at radius 2 is 0.496 bits per heavy atom. The third-order valence-corrected chi connectivity index (χ3v) is 27.0. The number of furan rings is 2. The SMILES string of the molecule is CC(C)(C)c1ccc2c(-c3cccc4c3oc3ccccc34)c3ccccc3c(-c3cccc4c3oc3ccccc34)c2c1.[B]C.[B][B].c1ccc(-c2c3ccccc3c(-c3ccc(-c4cccc5ccccc45)cc3)c3ccccc23)cc1.c1ccc(-c2cc(-c3cccc(-c4c5ccccc5c(-c5cccc6ccccc56)c5ccccc45)c3)sc2-c2ccccc2)cc1. The number of rotatable bonds is 10. The number of hydrogen-bond acceptors (Lipinski definition) is 3. The van der Waals surface area contributed by atoms with Crippen LogP contribution in [0.25, 0.3) is 240 Å². The first-order valence-corrected chi connectivity index (χ1v) is 45.6. The molecule has 25 aromatic rings. The molecule has 3 aromatic heterocycles. The van der Waals surface area contributed by atoms with Crippen molar-refractivity contribution in [2.45, 2.75) is 33.0 Å². The second-order valence-electron chi connectivity index (χ2n) is 34.2. The van der Waals surface area contributed by atoms with Crippen LogP contribution in [-0.2, 0) is 5.41 Å². The molecule has 25 rings (SSSR count). The number of fused-ring (bicyclic) bond motifs is 14. The highest BCUT2D eigenvalue weighted by Crippen LogP contribution is 2.53. The summed E-state index contributed by atoms with van der Waals surface area (Å²) >= 11 is 1.87. The first-order valence-electron chi connectivity index (χ1n) is 44.7. The zero-order valence-electron chi connectivity index (χ0n) is 73.3. The second kappa shape index (κ2) is 35.6. The Morgan fingerprint density at radius 1 is 0.198 bits per heavy atom. The quantitative estimate of drug-likeness (QED) is 0.101. The zero-order valence-corrected chi connectivity index (χ0v) is 74.1. The van der Waals surface area contributed by atoms with Gasteiger partial charge < -0.3 is 8.83 Å². The van der Waals surface area contributed by atoms with Crippen molar-refractivity contribution >= 4 is 165 Å². The Bertz CT molecular complexity index is 8430. The topological polar surface area (TPSA) is 26.3 Å². The minimum atomic E-state index is -0.0125. The van der Waals surface area contributed by atoms with Crippen LogP contribution in [0.5, 0.6) is 0 Å². The van der Waals surface area contributed by atoms with E-state index in [0.717, 1.165) is 55.0 Å². The Kier molecular flexibility index (Phi) is 22.4. The van der Waals surface area contributed by atoms with Gasteiger partial charge in [0.2, 0.25) is 0 Å². The van der Waals surface area contributed by atoms with Crippen LogP contribution < -0.4 is 0 Å². The Balaban J connectivity index is 0.000000117. The van der Waals surface area contributed by atoms with E-state index in [9.17, 15) is 0 Å². The Labute approximate surface area is 771 Å². The van der Waals surface area contributed by atoms with Crippen LogP contribution >= 0.6 is 11.3 Å². The second-order valence-corrected chi connectivity index (χ2v) is 35.3. The molecule has 0 unspecified atom stereocenters. The van der Waals surface area contributed by atoms with Gasteiger partial charge >= 0.3 is 0 Å². The van der Waals surface area contributed by atoms with Gasteiger partial charge in [-0.2, -0.15) is 0 Å². The van der Waals surface area contributed by atoms with Crippen LogP contribution in [0.3, 0.4) is 0 Å². The molecule has 0 spiro atoms. The van der Waals surface area contributed by atoms with E-state index in [1.165, 1.54) is 197 Å². The van der Waals surface area contributed by atoms with E-state index in [-0.39, 0.29) is 5.41 Å². The van der Waals surface area contributed by atoms with Gasteiger partial charge in [0.05, 0.1) is 7.85 Å². The van der Waals surface area contributed by atoms with E-state index in [4.69, 9.17) is 8.83 Å². The maximum absolute atomic E-state index is 6.62. The molecule has 0 bridgehead atoms. The molecular weight excluding hydrogens is 1600 g/mol. The van der Waals surface area contributed by atoms with Gasteiger partial charge in [0, 0.05) is 74.6 Å². The van der Waals surface area contributed by atoms with E-state index in [2.05, 4.69) is 487 Å². The van der Waals surface area contributed by atoms with Crippen LogP contribution in [0.1, 0.15) is 26.3 Å². The van der Waals surface area contributed by atoms with Crippen molar-refractivity contribution in [1.29, 1.82) is 0 Å². The highest BCUT2D eigenvalue weighted by Gasteiger charge is 2.27. The van der Waals surface area contributed by atoms with Gasteiger partial charge in [-0.15, -0.1) is 11.3 Å². The van der Waals surface area contributed by atoms with E-state index in [1.807, 2.05) is 23.5 Å². The van der Waals surface area contributed by atoms with Crippen LogP contribution in [-0.4, -0.2) is 23.3 Å². The van der Waals surface area contributed by atoms with Gasteiger partial charge in [-0.1, -0.05) is 452 Å². The molecule has 0 atom stereocenters. The minimum absolute atomic E-state index is 0.0125. The van der Waals surface area contributed by atoms with Gasteiger partial charge in [-0.05, 0) is 200 Å². The maximum atomic E-state index is 6.62. The molecule has 6 heteroatoms. The summed E-state index contributed by atoms with van der Waals surface area (Å²) in [6, 6.07) is 165. The first kappa shape index (κ1) is 82.4. The summed E-state index contributed by atoms with van der Waals surface area (Å²) in [6.45, 7) is 8.35. The lowest BCUT2D eigenvalue weighted by Crippen LogP contribution is -2.10. The van der Waals surface area contributed by atoms with Crippen molar-refractivity contribution in [3.63, 3.8) is 0 Å². The summed E-state index contributed by atoms with van der Waals surface area (Å²) in [5, 5.41) is 24.7. The van der Waals surface area contributed by atoms with Gasteiger partial charge in [0.15, 0.2) is 0 Å². The standard InChI is InChI=1S/C46H30S.C42H30O2.C36H24.CH3B.B2/c1-3-15-32(16-4-1)42-30-43(47-46(42)33-18-5-2-6-19-33)34-21-13-22-35(29-34)44-38-24-9-11-26-40(38)45(41-27-12-10-25-39(41)44)37-28-14-20-31-17-7-8-23-36(31)37;1-42(2,3)25-22-23-30-35(24-25)39(34-19-11-17-32-27-13-7-9-21-37(27)44-41(32)34)29-15-5-4-14-28(29)38(30)33-18-10-16-31-26-12-6-8-20-36(26)43-40(31)33;1-2-12-27(13-3-1)35-31-16-6-8-18-33(31)36(34-19-9-7-17-32(34)35)28-23-21-26(22-24-28)30-20-10-14-25-11-4-5-15-29(25)30;2*1-2/h1-30H;4-24H,1-3H3;1-24H;1H3;. The molecular formula is C125H87B3O2S. The summed E-state index contributed by atoms with van der Waals surface area (Å²) in [5.74, 6) is 0. The number of benzene rings is 22. The molecule has 0 fully saturated rings. The van der Waals surface area contributed by atoms with Crippen molar-refractivity contribution in [2.24, 2.45) is 0 Å². The number of thiophene rings is 1. The summed E-state index contributed by atoms with van der Waals surface area (Å²) < 4.78 is 13.2. The van der Waals surface area contributed by atoms with Crippen molar-refractivity contribution in [2.75, 3.05) is 0 Å². The Morgan fingerprint density at radius 3 is 0.969 bits per heavy atom. The van der Waals surface area contributed by atoms with Crippen LogP contribution in [0.4, 0.5) is 0 Å². The number of para-hydroxylation sites is 4. The maximum Gasteiger partial charge on any atom is 0.143 e. The highest BCUT2D eigenvalue weighted by atomic mass is 32.1. The lowest BCUT2D eigenvalue weighted by atomic mass is 9.81. The molecule has 6 radical (unpaired) electrons. The average Bonchev–Trinajstić information content (AvgIpc) is 1.58. The third kappa shape index (κ3) is 15.0. The molecule has 614 valence electrons. The summed E-state index contributed by atoms with van der Waals surface area (Å²) in [4.78, 5) is 2.57. The van der Waals surface area contributed by atoms with Crippen molar-refractivity contribution in [3.8, 4) is 110 Å². The molecule has 0 aliphatic heterocycles. The summed E-state index contributed by atoms with van der Waals surface area (Å²) in [5.41, 5.74) is 27.3. The van der Waals surface area contributed by atoms with E-state index in [1.54, 1.807) is 0 Å². The van der Waals surface area contributed by atoms with Crippen LogP contribution in [0.2, 0.25) is 6.82 Å². The predicted octanol–water partition coefficient (Wildman–Crippen LogP) is 35.6. The van der Waals surface area contributed by atoms with E-state index < -0.39 is 0 Å². The lowest BCUT2D eigenvalue weighted by Gasteiger charge is -2.23. The molecule has 0 saturated carbocycles. The average molecular weight is 1690 g/mol. The van der Waals surface area contributed by atoms with Crippen molar-refractivity contribution in [3.05, 3.63) is 461 Å². The van der Waals surface area contributed by atoms with E-state index >= 15 is 0 Å². The van der Waals surface area contributed by atoms with E-state index in [0.29, 0.717) is 0 Å². The van der Waals surface area contributed by atoms with Gasteiger partial charge in [0.25, 0.3) is 0 Å². The highest BCUT2D eigenvalue weighted by molar-refractivity contribution is 7.19. The smallest absolute Gasteiger partial charge is 0.143 e. The van der Waals surface area contributed by atoms with Crippen LogP contribution in [0, 0.1) is 0 Å². The summed E-state index contributed by atoms with van der Waals surface area (Å²) in [6.07, 6.45) is 0. The molecule has 2 nitrogen and oxygen atoms in total. The normalized spacial score (nSPS) is 11.5. The monoisotopic (exact) mass is 1680 g/mol. The predicted molar refractivity (Wildman–Crippen MR) is 568 cm³/mol. The fraction of sp³-hybridized carbons (Fsp3) is 0.0400. The largest absolute Gasteiger partial charge is 0.455 e.